The summed E-state index contributed by atoms with van der Waals surface area (Å²) < 4.78 is 5.17. The molecule has 0 saturated heterocycles. The van der Waals surface area contributed by atoms with Crippen LogP contribution >= 0.6 is 35.4 Å². The van der Waals surface area contributed by atoms with Gasteiger partial charge in [0.1, 0.15) is 5.75 Å². The van der Waals surface area contributed by atoms with Gasteiger partial charge in [-0.25, -0.2) is 0 Å². The van der Waals surface area contributed by atoms with Crippen LogP contribution in [0.5, 0.6) is 5.75 Å². The van der Waals surface area contributed by atoms with Crippen molar-refractivity contribution in [3.05, 3.63) is 52.0 Å². The Bertz CT molecular complexity index is 906. The molecule has 0 spiro atoms. The second-order valence-corrected chi connectivity index (χ2v) is 7.00. The van der Waals surface area contributed by atoms with Crippen LogP contribution in [-0.2, 0) is 4.79 Å². The first kappa shape index (κ1) is 21.9. The fourth-order valence-corrected chi connectivity index (χ4v) is 2.87. The van der Waals surface area contributed by atoms with E-state index in [0.717, 1.165) is 6.42 Å². The predicted molar refractivity (Wildman–Crippen MR) is 117 cm³/mol. The number of thiocarbonyl (C=S) groups is 1. The monoisotopic (exact) mass is 439 g/mol. The highest BCUT2D eigenvalue weighted by molar-refractivity contribution is 7.80. The second kappa shape index (κ2) is 10.3. The molecule has 28 heavy (non-hydrogen) atoms. The van der Waals surface area contributed by atoms with Gasteiger partial charge in [0.05, 0.1) is 23.4 Å². The van der Waals surface area contributed by atoms with Crippen molar-refractivity contribution < 1.29 is 14.3 Å². The van der Waals surface area contributed by atoms with Crippen LogP contribution in [0.2, 0.25) is 10.0 Å². The van der Waals surface area contributed by atoms with E-state index in [1.165, 1.54) is 13.2 Å². The molecule has 0 saturated carbocycles. The number of methoxy groups -OCH3 is 1. The van der Waals surface area contributed by atoms with Gasteiger partial charge in [0.25, 0.3) is 5.91 Å². The van der Waals surface area contributed by atoms with E-state index in [-0.39, 0.29) is 16.6 Å². The molecule has 0 fully saturated rings. The Morgan fingerprint density at radius 3 is 2.54 bits per heavy atom. The van der Waals surface area contributed by atoms with E-state index in [1.807, 2.05) is 6.92 Å². The molecule has 3 N–H and O–H groups in total. The number of hydrogen-bond acceptors (Lipinski definition) is 4. The highest BCUT2D eigenvalue weighted by Gasteiger charge is 2.15. The SMILES string of the molecule is CCCC(=O)Nc1ccc(Cl)c(NC(=S)NC(=O)c2cc(Cl)ccc2OC)c1. The Morgan fingerprint density at radius 1 is 1.11 bits per heavy atom. The number of benzene rings is 2. The molecule has 0 aliphatic rings. The van der Waals surface area contributed by atoms with E-state index in [1.54, 1.807) is 30.3 Å². The average Bonchev–Trinajstić information content (AvgIpc) is 2.64. The summed E-state index contributed by atoms with van der Waals surface area (Å²) >= 11 is 17.3. The molecule has 0 aliphatic heterocycles. The van der Waals surface area contributed by atoms with E-state index in [9.17, 15) is 9.59 Å². The summed E-state index contributed by atoms with van der Waals surface area (Å²) in [6.07, 6.45) is 1.16. The number of anilines is 2. The van der Waals surface area contributed by atoms with Crippen molar-refractivity contribution in [1.82, 2.24) is 5.32 Å². The molecule has 0 radical (unpaired) electrons. The van der Waals surface area contributed by atoms with Crippen LogP contribution in [0.15, 0.2) is 36.4 Å². The molecule has 6 nitrogen and oxygen atoms in total. The summed E-state index contributed by atoms with van der Waals surface area (Å²) in [5.41, 5.74) is 1.25. The third-order valence-corrected chi connectivity index (χ3v) is 4.38. The van der Waals surface area contributed by atoms with Crippen LogP contribution in [0.3, 0.4) is 0 Å². The van der Waals surface area contributed by atoms with Gasteiger partial charge in [-0.1, -0.05) is 30.1 Å². The molecule has 0 unspecified atom stereocenters. The molecule has 2 aromatic carbocycles. The number of hydrogen-bond donors (Lipinski definition) is 3. The van der Waals surface area contributed by atoms with Crippen molar-refractivity contribution >= 4 is 63.7 Å². The zero-order valence-corrected chi connectivity index (χ0v) is 17.6. The topological polar surface area (TPSA) is 79.5 Å². The van der Waals surface area contributed by atoms with Gasteiger partial charge in [0.2, 0.25) is 5.91 Å². The fraction of sp³-hybridized carbons (Fsp3) is 0.211. The second-order valence-electron chi connectivity index (χ2n) is 5.75. The van der Waals surface area contributed by atoms with Crippen LogP contribution in [0.1, 0.15) is 30.1 Å². The average molecular weight is 440 g/mol. The molecular weight excluding hydrogens is 421 g/mol. The number of rotatable bonds is 6. The quantitative estimate of drug-likeness (QED) is 0.559. The van der Waals surface area contributed by atoms with Crippen molar-refractivity contribution in [1.29, 1.82) is 0 Å². The molecule has 2 aromatic rings. The number of carbonyl (C=O) groups excluding carboxylic acids is 2. The number of ether oxygens (including phenoxy) is 1. The van der Waals surface area contributed by atoms with Gasteiger partial charge in [-0.15, -0.1) is 0 Å². The molecule has 0 heterocycles. The van der Waals surface area contributed by atoms with Crippen molar-refractivity contribution in [2.45, 2.75) is 19.8 Å². The van der Waals surface area contributed by atoms with Gasteiger partial charge in [-0.05, 0) is 55.0 Å². The third kappa shape index (κ3) is 6.09. The molecule has 2 amide bonds. The smallest absolute Gasteiger partial charge is 0.261 e. The van der Waals surface area contributed by atoms with Gasteiger partial charge in [-0.2, -0.15) is 0 Å². The Hall–Kier alpha value is -2.35. The summed E-state index contributed by atoms with van der Waals surface area (Å²) in [6.45, 7) is 1.92. The first-order valence-electron chi connectivity index (χ1n) is 8.39. The lowest BCUT2D eigenvalue weighted by atomic mass is 10.2. The minimum Gasteiger partial charge on any atom is -0.496 e. The van der Waals surface area contributed by atoms with Gasteiger partial charge in [-0.3, -0.25) is 14.9 Å². The highest BCUT2D eigenvalue weighted by Crippen LogP contribution is 2.26. The maximum Gasteiger partial charge on any atom is 0.261 e. The minimum atomic E-state index is -0.486. The molecule has 148 valence electrons. The first-order valence-corrected chi connectivity index (χ1v) is 9.55. The fourth-order valence-electron chi connectivity index (χ4n) is 2.33. The van der Waals surface area contributed by atoms with E-state index in [2.05, 4.69) is 16.0 Å². The van der Waals surface area contributed by atoms with Crippen LogP contribution in [0, 0.1) is 0 Å². The Labute approximate surface area is 178 Å². The van der Waals surface area contributed by atoms with Crippen molar-refractivity contribution in [2.75, 3.05) is 17.7 Å². The molecule has 2 rings (SSSR count). The van der Waals surface area contributed by atoms with E-state index in [4.69, 9.17) is 40.2 Å². The summed E-state index contributed by atoms with van der Waals surface area (Å²) in [5.74, 6) is -0.219. The van der Waals surface area contributed by atoms with Crippen LogP contribution < -0.4 is 20.7 Å². The molecule has 0 aliphatic carbocycles. The summed E-state index contributed by atoms with van der Waals surface area (Å²) in [4.78, 5) is 24.2. The Kier molecular flexibility index (Phi) is 8.04. The highest BCUT2D eigenvalue weighted by atomic mass is 35.5. The maximum absolute atomic E-state index is 12.5. The minimum absolute atomic E-state index is 0.0333. The predicted octanol–water partition coefficient (Wildman–Crippen LogP) is 4.87. The standard InChI is InChI=1S/C19H19Cl2N3O3S/c1-3-4-17(25)22-12-6-7-14(21)15(10-12)23-19(28)24-18(26)13-9-11(20)5-8-16(13)27-2/h5-10H,3-4H2,1-2H3,(H,22,25)(H2,23,24,26,28). The number of amides is 2. The molecule has 0 aromatic heterocycles. The number of nitrogens with one attached hydrogen (secondary N) is 3. The van der Waals surface area contributed by atoms with Gasteiger partial charge >= 0.3 is 0 Å². The van der Waals surface area contributed by atoms with E-state index < -0.39 is 5.91 Å². The lowest BCUT2D eigenvalue weighted by molar-refractivity contribution is -0.116. The summed E-state index contributed by atoms with van der Waals surface area (Å²) in [6, 6.07) is 9.62. The van der Waals surface area contributed by atoms with Crippen molar-refractivity contribution in [3.63, 3.8) is 0 Å². The van der Waals surface area contributed by atoms with Crippen molar-refractivity contribution in [3.8, 4) is 5.75 Å². The summed E-state index contributed by atoms with van der Waals surface area (Å²) in [5, 5.41) is 8.98. The summed E-state index contributed by atoms with van der Waals surface area (Å²) in [7, 11) is 1.45. The maximum atomic E-state index is 12.5. The lowest BCUT2D eigenvalue weighted by Crippen LogP contribution is -2.34. The van der Waals surface area contributed by atoms with Crippen LogP contribution in [0.25, 0.3) is 0 Å². The Morgan fingerprint density at radius 2 is 1.86 bits per heavy atom. The van der Waals surface area contributed by atoms with E-state index >= 15 is 0 Å². The van der Waals surface area contributed by atoms with Crippen LogP contribution in [0.4, 0.5) is 11.4 Å². The third-order valence-electron chi connectivity index (χ3n) is 3.61. The molecule has 0 bridgehead atoms. The van der Waals surface area contributed by atoms with Gasteiger partial charge < -0.3 is 15.4 Å². The zero-order chi connectivity index (χ0) is 20.7. The zero-order valence-electron chi connectivity index (χ0n) is 15.3. The lowest BCUT2D eigenvalue weighted by Gasteiger charge is -2.14. The Balaban J connectivity index is 2.09. The van der Waals surface area contributed by atoms with Crippen molar-refractivity contribution in [2.24, 2.45) is 0 Å². The van der Waals surface area contributed by atoms with Crippen LogP contribution in [-0.4, -0.2) is 24.0 Å². The molecule has 9 heteroatoms. The van der Waals surface area contributed by atoms with Gasteiger partial charge in [0.15, 0.2) is 5.11 Å². The largest absolute Gasteiger partial charge is 0.496 e. The normalized spacial score (nSPS) is 10.1. The molecule has 0 atom stereocenters. The first-order chi connectivity index (χ1) is 13.3. The molecular formula is C19H19Cl2N3O3S. The van der Waals surface area contributed by atoms with E-state index in [0.29, 0.717) is 33.6 Å². The van der Waals surface area contributed by atoms with Gasteiger partial charge in [0, 0.05) is 17.1 Å². The number of carbonyl (C=O) groups is 2. The number of halogens is 2.